The quantitative estimate of drug-likeness (QED) is 0.0306. The highest BCUT2D eigenvalue weighted by molar-refractivity contribution is 6.03. The number of aliphatic hydroxyl groups excluding tert-OH is 2. The van der Waals surface area contributed by atoms with Crippen LogP contribution in [0.2, 0.25) is 0 Å². The second-order valence-electron chi connectivity index (χ2n) is 19.8. The summed E-state index contributed by atoms with van der Waals surface area (Å²) < 4.78 is 39.1. The van der Waals surface area contributed by atoms with Gasteiger partial charge in [0.25, 0.3) is 0 Å². The van der Waals surface area contributed by atoms with Gasteiger partial charge in [-0.2, -0.15) is 0 Å². The number of nitrogens with one attached hydrogen (secondary N) is 1. The predicted octanol–water partition coefficient (Wildman–Crippen LogP) is 11.1. The minimum absolute atomic E-state index is 0.0148. The lowest BCUT2D eigenvalue weighted by atomic mass is 9.55. The van der Waals surface area contributed by atoms with E-state index >= 15 is 4.79 Å². The topological polar surface area (TPSA) is 167 Å². The summed E-state index contributed by atoms with van der Waals surface area (Å²) in [6.45, 7) is 5.76. The van der Waals surface area contributed by atoms with E-state index in [1.807, 2.05) is 97.1 Å². The Bertz CT molecular complexity index is 2720. The first-order valence-corrected chi connectivity index (χ1v) is 26.8. The summed E-state index contributed by atoms with van der Waals surface area (Å²) in [7, 11) is 0. The fourth-order valence-electron chi connectivity index (χ4n) is 11.5. The Kier molecular flexibility index (Phi) is 18.7. The number of benzene rings is 5. The van der Waals surface area contributed by atoms with Crippen LogP contribution in [-0.4, -0.2) is 90.8 Å². The molecule has 0 bridgehead atoms. The number of oxime groups is 1. The van der Waals surface area contributed by atoms with Crippen molar-refractivity contribution in [3.05, 3.63) is 168 Å². The highest BCUT2D eigenvalue weighted by Gasteiger charge is 2.66. The number of unbranched alkanes of at least 4 members (excludes halogenated alkanes) is 2. The van der Waals surface area contributed by atoms with E-state index in [1.165, 1.54) is 0 Å². The van der Waals surface area contributed by atoms with Gasteiger partial charge in [-0.1, -0.05) is 133 Å². The van der Waals surface area contributed by atoms with Crippen molar-refractivity contribution in [2.75, 3.05) is 39.6 Å². The second kappa shape index (κ2) is 26.3. The molecule has 0 aromatic heterocycles. The number of amides is 2. The molecule has 5 aromatic rings. The van der Waals surface area contributed by atoms with Crippen LogP contribution in [0.1, 0.15) is 92.4 Å². The van der Waals surface area contributed by atoms with Crippen molar-refractivity contribution in [2.45, 2.75) is 108 Å². The van der Waals surface area contributed by atoms with Crippen LogP contribution < -0.4 is 14.8 Å². The number of carbonyl (C=O) groups is 2. The van der Waals surface area contributed by atoms with Crippen LogP contribution in [-0.2, 0) is 43.5 Å². The third-order valence-electron chi connectivity index (χ3n) is 14.9. The summed E-state index contributed by atoms with van der Waals surface area (Å²) in [4.78, 5) is 37.0. The molecule has 1 saturated heterocycles. The summed E-state index contributed by atoms with van der Waals surface area (Å²) in [5, 5.41) is 30.1. The van der Waals surface area contributed by atoms with Gasteiger partial charge in [-0.3, -0.25) is 4.90 Å². The van der Waals surface area contributed by atoms with E-state index in [9.17, 15) is 15.0 Å². The second-order valence-corrected chi connectivity index (χ2v) is 19.8. The van der Waals surface area contributed by atoms with Gasteiger partial charge in [-0.25, -0.2) is 9.59 Å². The highest BCUT2D eigenvalue weighted by atomic mass is 16.8. The molecule has 2 heterocycles. The van der Waals surface area contributed by atoms with E-state index in [2.05, 4.69) is 36.2 Å². The van der Waals surface area contributed by atoms with E-state index in [0.29, 0.717) is 49.7 Å². The van der Waals surface area contributed by atoms with Gasteiger partial charge in [0, 0.05) is 44.1 Å². The van der Waals surface area contributed by atoms with E-state index in [4.69, 9.17) is 38.4 Å². The Morgan fingerprint density at radius 2 is 1.61 bits per heavy atom. The molecule has 9 rings (SSSR count). The summed E-state index contributed by atoms with van der Waals surface area (Å²) in [5.41, 5.74) is 5.15. The number of hydrogen-bond donors (Lipinski definition) is 3. The number of rotatable bonds is 24. The summed E-state index contributed by atoms with van der Waals surface area (Å²) in [5.74, 6) is -1.80. The van der Waals surface area contributed by atoms with E-state index in [1.54, 1.807) is 17.0 Å². The SMILES string of the molecule is C=CCO[C@@]12Oc3ccc(OC(=O)NCc4ccccc4)cc3[C@H]3[C@H](CCCCO)[C@@H](CCCCO)C=C(C(=NOC4CCCCO4)C[C@@H]1N(Cc1cccc4ccccc14)C(=O)OCCOCc1ccccc1)[C@H]32. The lowest BCUT2D eigenvalue weighted by Gasteiger charge is -2.60. The molecule has 3 N–H and O–H groups in total. The van der Waals surface area contributed by atoms with Gasteiger partial charge in [0.05, 0.1) is 44.6 Å². The molecule has 0 radical (unpaired) electrons. The van der Waals surface area contributed by atoms with Gasteiger partial charge >= 0.3 is 12.2 Å². The predicted molar refractivity (Wildman–Crippen MR) is 286 cm³/mol. The van der Waals surface area contributed by atoms with Gasteiger partial charge in [-0.05, 0) is 102 Å². The summed E-state index contributed by atoms with van der Waals surface area (Å²) >= 11 is 0. The van der Waals surface area contributed by atoms with Crippen molar-refractivity contribution >= 4 is 28.7 Å². The molecule has 2 fully saturated rings. The molecular formula is C61H71N3O11. The van der Waals surface area contributed by atoms with Crippen LogP contribution >= 0.6 is 0 Å². The Balaban J connectivity index is 1.18. The molecule has 14 nitrogen and oxygen atoms in total. The van der Waals surface area contributed by atoms with Crippen LogP contribution in [0.25, 0.3) is 10.8 Å². The standard InChI is InChI=1S/C61H71N3O11/c1-2-33-72-61-55(64(41-47-25-17-24-45-22-9-10-26-49(45)47)60(68)71-36-35-69-42-44-20-7-4-8-21-44)39-53(63-75-56-28-13-16-34-70-56)51-37-46(23-11-14-31-65)50(27-12-15-32-66)57(58(51)61)52-38-48(29-30-54(52)74-61)73-59(67)62-40-43-18-5-3-6-19-43/h2-10,17-22,24-26,29-30,37-38,46,50,55-58,65-66H,1,11-16,23,27-28,31-36,39-42H2,(H,62,67)/t46-,50+,55-,56?,57+,58+,61+/m0/s1. The van der Waals surface area contributed by atoms with Crippen molar-refractivity contribution in [1.29, 1.82) is 0 Å². The fraction of sp³-hybridized carbons (Fsp3) is 0.426. The zero-order valence-electron chi connectivity index (χ0n) is 42.8. The highest BCUT2D eigenvalue weighted by Crippen LogP contribution is 2.62. The lowest BCUT2D eigenvalue weighted by Crippen LogP contribution is -2.70. The van der Waals surface area contributed by atoms with Crippen LogP contribution in [0, 0.1) is 17.8 Å². The maximum absolute atomic E-state index is 15.4. The van der Waals surface area contributed by atoms with Gasteiger partial charge in [0.15, 0.2) is 0 Å². The fourth-order valence-corrected chi connectivity index (χ4v) is 11.5. The number of allylic oxidation sites excluding steroid dienone is 1. The smallest absolute Gasteiger partial charge is 0.412 e. The van der Waals surface area contributed by atoms with Crippen molar-refractivity contribution in [1.82, 2.24) is 10.2 Å². The molecule has 75 heavy (non-hydrogen) atoms. The van der Waals surface area contributed by atoms with E-state index < -0.39 is 36.2 Å². The molecule has 2 aliphatic carbocycles. The first-order chi connectivity index (χ1) is 36.9. The van der Waals surface area contributed by atoms with Crippen molar-refractivity contribution in [3.63, 3.8) is 0 Å². The molecule has 14 heteroatoms. The number of carbonyl (C=O) groups excluding carboxylic acids is 2. The Labute approximate surface area is 440 Å². The number of nitrogens with zero attached hydrogens (tertiary/aromatic N) is 2. The number of aliphatic hydroxyl groups is 2. The lowest BCUT2D eigenvalue weighted by molar-refractivity contribution is -0.256. The van der Waals surface area contributed by atoms with Crippen LogP contribution in [0.3, 0.4) is 0 Å². The third kappa shape index (κ3) is 12.9. The molecule has 5 aromatic carbocycles. The van der Waals surface area contributed by atoms with Crippen molar-refractivity contribution in [2.24, 2.45) is 22.9 Å². The molecule has 1 saturated carbocycles. The first kappa shape index (κ1) is 53.3. The molecule has 1 unspecified atom stereocenters. The average Bonchev–Trinajstić information content (AvgIpc) is 3.44. The van der Waals surface area contributed by atoms with Crippen molar-refractivity contribution in [3.8, 4) is 11.5 Å². The van der Waals surface area contributed by atoms with Gasteiger partial charge in [0.1, 0.15) is 24.1 Å². The molecule has 7 atom stereocenters. The van der Waals surface area contributed by atoms with Crippen LogP contribution in [0.15, 0.2) is 151 Å². The van der Waals surface area contributed by atoms with Crippen LogP contribution in [0.5, 0.6) is 11.5 Å². The molecule has 2 aliphatic heterocycles. The van der Waals surface area contributed by atoms with E-state index in [0.717, 1.165) is 77.1 Å². The molecule has 4 aliphatic rings. The maximum atomic E-state index is 15.4. The molecular weight excluding hydrogens is 951 g/mol. The zero-order valence-corrected chi connectivity index (χ0v) is 42.8. The third-order valence-corrected chi connectivity index (χ3v) is 14.9. The molecule has 0 spiro atoms. The largest absolute Gasteiger partial charge is 0.459 e. The Morgan fingerprint density at radius 1 is 0.853 bits per heavy atom. The van der Waals surface area contributed by atoms with Gasteiger partial charge in [0.2, 0.25) is 12.1 Å². The van der Waals surface area contributed by atoms with Crippen LogP contribution in [0.4, 0.5) is 9.59 Å². The normalized spacial score (nSPS) is 23.2. The Morgan fingerprint density at radius 3 is 2.39 bits per heavy atom. The number of ether oxygens (including phenoxy) is 6. The number of fused-ring (bicyclic) bond motifs is 3. The average molecular weight is 1020 g/mol. The number of hydrogen-bond acceptors (Lipinski definition) is 12. The molecule has 396 valence electrons. The Hall–Kier alpha value is -6.55. The first-order valence-electron chi connectivity index (χ1n) is 26.8. The summed E-state index contributed by atoms with van der Waals surface area (Å²) in [6, 6.07) is 38.2. The maximum Gasteiger partial charge on any atom is 0.412 e. The van der Waals surface area contributed by atoms with Crippen molar-refractivity contribution < 1.29 is 53.1 Å². The molecule has 2 amide bonds. The minimum Gasteiger partial charge on any atom is -0.459 e. The minimum atomic E-state index is -1.58. The summed E-state index contributed by atoms with van der Waals surface area (Å²) in [6.07, 6.45) is 9.18. The zero-order chi connectivity index (χ0) is 51.8. The van der Waals surface area contributed by atoms with Gasteiger partial charge in [-0.15, -0.1) is 6.58 Å². The monoisotopic (exact) mass is 1020 g/mol. The van der Waals surface area contributed by atoms with Gasteiger partial charge < -0.3 is 48.8 Å². The van der Waals surface area contributed by atoms with E-state index in [-0.39, 0.29) is 70.3 Å².